The highest BCUT2D eigenvalue weighted by Crippen LogP contribution is 2.34. The van der Waals surface area contributed by atoms with E-state index in [1.54, 1.807) is 13.8 Å². The van der Waals surface area contributed by atoms with Gasteiger partial charge in [0.2, 0.25) is 0 Å². The molecule has 0 saturated carbocycles. The van der Waals surface area contributed by atoms with Crippen molar-refractivity contribution >= 4 is 34.5 Å². The molecule has 2 aromatic heterocycles. The van der Waals surface area contributed by atoms with Crippen molar-refractivity contribution in [3.8, 4) is 0 Å². The van der Waals surface area contributed by atoms with Gasteiger partial charge >= 0.3 is 11.9 Å². The van der Waals surface area contributed by atoms with Crippen molar-refractivity contribution in [2.75, 3.05) is 6.61 Å². The normalized spacial score (nSPS) is 15.9. The van der Waals surface area contributed by atoms with E-state index in [0.717, 1.165) is 5.57 Å². The lowest BCUT2D eigenvalue weighted by molar-refractivity contribution is -0.402. The van der Waals surface area contributed by atoms with Gasteiger partial charge in [-0.2, -0.15) is 0 Å². The molecule has 142 valence electrons. The van der Waals surface area contributed by atoms with Crippen LogP contribution >= 0.6 is 11.3 Å². The maximum absolute atomic E-state index is 12.7. The molecule has 0 bridgehead atoms. The molecule has 1 atom stereocenters. The smallest absolute Gasteiger partial charge is 0.433 e. The molecule has 3 heterocycles. The van der Waals surface area contributed by atoms with Crippen molar-refractivity contribution in [3.05, 3.63) is 53.3 Å². The standard InChI is InChI=1S/C17H17N3O6S/c1-5-25-16(22)12-9(4)19-15(21)14(8(2)3)27-17(19)18-13(12)10-6-7-11(26-10)20(23)24/h6-7,13H,5H2,1-4H3/t13-/m0/s1. The predicted molar refractivity (Wildman–Crippen MR) is 97.7 cm³/mol. The van der Waals surface area contributed by atoms with Gasteiger partial charge in [0.25, 0.3) is 5.56 Å². The summed E-state index contributed by atoms with van der Waals surface area (Å²) >= 11 is 1.20. The maximum Gasteiger partial charge on any atom is 0.433 e. The second-order valence-electron chi connectivity index (χ2n) is 6.04. The third-order valence-corrected chi connectivity index (χ3v) is 5.29. The molecule has 0 aliphatic carbocycles. The number of carbonyl (C=O) groups excluding carboxylic acids is 1. The minimum absolute atomic E-state index is 0.119. The molecule has 9 nitrogen and oxygen atoms in total. The zero-order valence-corrected chi connectivity index (χ0v) is 16.0. The number of hydrogen-bond acceptors (Lipinski definition) is 8. The summed E-state index contributed by atoms with van der Waals surface area (Å²) in [5.41, 5.74) is 1.06. The number of carbonyl (C=O) groups is 1. The molecule has 2 aromatic rings. The predicted octanol–water partition coefficient (Wildman–Crippen LogP) is 1.77. The Morgan fingerprint density at radius 3 is 2.70 bits per heavy atom. The number of ether oxygens (including phenoxy) is 1. The molecule has 0 unspecified atom stereocenters. The summed E-state index contributed by atoms with van der Waals surface area (Å²) in [5.74, 6) is -0.964. The minimum atomic E-state index is -0.930. The lowest BCUT2D eigenvalue weighted by Crippen LogP contribution is -2.35. The van der Waals surface area contributed by atoms with Gasteiger partial charge in [0, 0.05) is 5.70 Å². The summed E-state index contributed by atoms with van der Waals surface area (Å²) in [7, 11) is 0. The Labute approximate surface area is 157 Å². The van der Waals surface area contributed by atoms with Crippen LogP contribution in [0.25, 0.3) is 11.3 Å². The summed E-state index contributed by atoms with van der Waals surface area (Å²) in [4.78, 5) is 40.4. The lowest BCUT2D eigenvalue weighted by Gasteiger charge is -2.20. The Morgan fingerprint density at radius 2 is 2.15 bits per heavy atom. The van der Waals surface area contributed by atoms with Crippen LogP contribution in [0.2, 0.25) is 0 Å². The van der Waals surface area contributed by atoms with E-state index in [2.05, 4.69) is 4.99 Å². The van der Waals surface area contributed by atoms with Gasteiger partial charge in [0.1, 0.15) is 16.7 Å². The summed E-state index contributed by atoms with van der Waals surface area (Å²) in [5, 5.41) is 10.9. The van der Waals surface area contributed by atoms with E-state index >= 15 is 0 Å². The molecule has 0 spiro atoms. The first kappa shape index (κ1) is 18.8. The average Bonchev–Trinajstić information content (AvgIpc) is 3.20. The molecule has 1 aliphatic heterocycles. The summed E-state index contributed by atoms with van der Waals surface area (Å²) in [6.07, 6.45) is 0. The molecule has 1 aliphatic rings. The number of hydrogen-bond donors (Lipinski definition) is 0. The van der Waals surface area contributed by atoms with Crippen molar-refractivity contribution < 1.29 is 18.9 Å². The third-order valence-electron chi connectivity index (χ3n) is 4.03. The summed E-state index contributed by atoms with van der Waals surface area (Å²) < 4.78 is 12.3. The maximum atomic E-state index is 12.7. The van der Waals surface area contributed by atoms with E-state index < -0.39 is 22.8 Å². The fraction of sp³-hybridized carbons (Fsp3) is 0.353. The molecule has 3 rings (SSSR count). The first-order valence-corrected chi connectivity index (χ1v) is 8.97. The molecule has 0 radical (unpaired) electrons. The molecule has 0 fully saturated rings. The van der Waals surface area contributed by atoms with Crippen LogP contribution in [0, 0.1) is 10.1 Å². The molecule has 10 heteroatoms. The van der Waals surface area contributed by atoms with E-state index in [1.807, 2.05) is 13.8 Å². The van der Waals surface area contributed by atoms with Crippen LogP contribution in [0.1, 0.15) is 39.5 Å². The third kappa shape index (κ3) is 3.12. The quantitative estimate of drug-likeness (QED) is 0.445. The summed E-state index contributed by atoms with van der Waals surface area (Å²) in [6, 6.07) is 1.67. The lowest BCUT2D eigenvalue weighted by atomic mass is 10.0. The average molecular weight is 391 g/mol. The first-order chi connectivity index (χ1) is 12.8. The monoisotopic (exact) mass is 391 g/mol. The van der Waals surface area contributed by atoms with Crippen molar-refractivity contribution in [1.29, 1.82) is 0 Å². The number of nitrogens with zero attached hydrogens (tertiary/aromatic N) is 3. The van der Waals surface area contributed by atoms with Gasteiger partial charge in [0.05, 0.1) is 22.8 Å². The van der Waals surface area contributed by atoms with E-state index in [4.69, 9.17) is 9.15 Å². The number of nitro groups is 1. The van der Waals surface area contributed by atoms with Crippen LogP contribution < -0.4 is 14.9 Å². The fourth-order valence-corrected chi connectivity index (χ4v) is 3.85. The van der Waals surface area contributed by atoms with Gasteiger partial charge in [-0.15, -0.1) is 0 Å². The Hall–Kier alpha value is -3.01. The van der Waals surface area contributed by atoms with Crippen molar-refractivity contribution in [1.82, 2.24) is 4.57 Å². The first-order valence-electron chi connectivity index (χ1n) is 8.15. The van der Waals surface area contributed by atoms with E-state index in [1.165, 1.54) is 28.0 Å². The Balaban J connectivity index is 2.31. The zero-order valence-electron chi connectivity index (χ0n) is 15.1. The van der Waals surface area contributed by atoms with Gasteiger partial charge in [-0.3, -0.25) is 19.5 Å². The molecular weight excluding hydrogens is 374 g/mol. The van der Waals surface area contributed by atoms with Crippen LogP contribution in [0.3, 0.4) is 0 Å². The highest BCUT2D eigenvalue weighted by atomic mass is 32.1. The Bertz CT molecular complexity index is 1150. The molecule has 27 heavy (non-hydrogen) atoms. The van der Waals surface area contributed by atoms with Crippen LogP contribution in [0.4, 0.5) is 5.88 Å². The number of esters is 1. The molecule has 0 saturated heterocycles. The molecular formula is C17H17N3O6S. The SMILES string of the molecule is CCOC(=O)C1=C(C)n2c(sc(=C(C)C)c2=O)=N[C@H]1c1ccc([N+](=O)[O-])o1. The van der Waals surface area contributed by atoms with Crippen molar-refractivity contribution in [2.45, 2.75) is 33.7 Å². The van der Waals surface area contributed by atoms with Crippen LogP contribution in [0.5, 0.6) is 0 Å². The van der Waals surface area contributed by atoms with E-state index in [-0.39, 0.29) is 23.5 Å². The van der Waals surface area contributed by atoms with Gasteiger partial charge < -0.3 is 9.15 Å². The molecule has 0 aromatic carbocycles. The highest BCUT2D eigenvalue weighted by Gasteiger charge is 2.34. The molecule has 0 amide bonds. The number of thiazole rings is 1. The Kier molecular flexibility index (Phi) is 4.83. The van der Waals surface area contributed by atoms with Crippen LogP contribution in [0.15, 0.2) is 31.9 Å². The fourth-order valence-electron chi connectivity index (χ4n) is 2.82. The van der Waals surface area contributed by atoms with Crippen LogP contribution in [-0.4, -0.2) is 22.1 Å². The van der Waals surface area contributed by atoms with Crippen LogP contribution in [-0.2, 0) is 9.53 Å². The van der Waals surface area contributed by atoms with Gasteiger partial charge in [-0.1, -0.05) is 16.9 Å². The van der Waals surface area contributed by atoms with Crippen molar-refractivity contribution in [2.24, 2.45) is 4.99 Å². The minimum Gasteiger partial charge on any atom is -0.463 e. The number of furan rings is 1. The topological polar surface area (TPSA) is 117 Å². The Morgan fingerprint density at radius 1 is 1.44 bits per heavy atom. The number of allylic oxidation sites excluding steroid dienone is 1. The van der Waals surface area contributed by atoms with E-state index in [0.29, 0.717) is 15.0 Å². The molecule has 0 N–H and O–H groups in total. The van der Waals surface area contributed by atoms with Crippen molar-refractivity contribution in [3.63, 3.8) is 0 Å². The summed E-state index contributed by atoms with van der Waals surface area (Å²) in [6.45, 7) is 7.06. The van der Waals surface area contributed by atoms with Gasteiger partial charge in [-0.05, 0) is 33.8 Å². The van der Waals surface area contributed by atoms with Gasteiger partial charge in [0.15, 0.2) is 4.80 Å². The zero-order chi connectivity index (χ0) is 19.9. The van der Waals surface area contributed by atoms with Gasteiger partial charge in [-0.25, -0.2) is 9.79 Å². The highest BCUT2D eigenvalue weighted by molar-refractivity contribution is 7.07. The van der Waals surface area contributed by atoms with E-state index in [9.17, 15) is 19.7 Å². The largest absolute Gasteiger partial charge is 0.463 e. The number of aromatic nitrogens is 1. The number of rotatable bonds is 4. The number of fused-ring (bicyclic) bond motifs is 1. The second kappa shape index (κ2) is 6.95. The second-order valence-corrected chi connectivity index (χ2v) is 7.02.